The van der Waals surface area contributed by atoms with Gasteiger partial charge in [0.15, 0.2) is 12.1 Å². The molecule has 0 atom stereocenters. The van der Waals surface area contributed by atoms with Crippen LogP contribution in [0.15, 0.2) is 12.7 Å². The summed E-state index contributed by atoms with van der Waals surface area (Å²) in [7, 11) is 1.72. The third-order valence-electron chi connectivity index (χ3n) is 1.64. The summed E-state index contributed by atoms with van der Waals surface area (Å²) in [5, 5.41) is 6.88. The first-order valence-corrected chi connectivity index (χ1v) is 3.83. The maximum atomic E-state index is 10.6. The summed E-state index contributed by atoms with van der Waals surface area (Å²) in [6.45, 7) is 4.13. The molecule has 0 saturated carbocycles. The van der Waals surface area contributed by atoms with Gasteiger partial charge < -0.3 is 11.1 Å². The van der Waals surface area contributed by atoms with Crippen LogP contribution < -0.4 is 11.1 Å². The van der Waals surface area contributed by atoms with Crippen molar-refractivity contribution in [2.24, 2.45) is 7.05 Å². The van der Waals surface area contributed by atoms with Crippen molar-refractivity contribution in [3.63, 3.8) is 0 Å². The molecule has 1 aromatic heterocycles. The lowest BCUT2D eigenvalue weighted by molar-refractivity contribution is 0.112. The maximum Gasteiger partial charge on any atom is 0.158 e. The fourth-order valence-corrected chi connectivity index (χ4v) is 1.06. The highest BCUT2D eigenvalue weighted by Gasteiger charge is 2.11. The Bertz CT molecular complexity index is 329. The molecule has 0 aliphatic carbocycles. The predicted molar refractivity (Wildman–Crippen MR) is 51.7 cm³/mol. The molecule has 0 saturated heterocycles. The maximum absolute atomic E-state index is 10.6. The smallest absolute Gasteiger partial charge is 0.158 e. The van der Waals surface area contributed by atoms with Crippen LogP contribution in [0.3, 0.4) is 0 Å². The van der Waals surface area contributed by atoms with E-state index in [0.717, 1.165) is 0 Å². The molecule has 0 spiro atoms. The quantitative estimate of drug-likeness (QED) is 0.520. The van der Waals surface area contributed by atoms with Crippen LogP contribution >= 0.6 is 0 Å². The summed E-state index contributed by atoms with van der Waals surface area (Å²) < 4.78 is 1.53. The molecule has 0 aliphatic heterocycles. The Labute approximate surface area is 76.2 Å². The third kappa shape index (κ3) is 1.69. The lowest BCUT2D eigenvalue weighted by Gasteiger charge is -2.03. The molecule has 13 heavy (non-hydrogen) atoms. The monoisotopic (exact) mass is 180 g/mol. The van der Waals surface area contributed by atoms with Gasteiger partial charge in [0.25, 0.3) is 0 Å². The summed E-state index contributed by atoms with van der Waals surface area (Å²) in [4.78, 5) is 10.6. The SMILES string of the molecule is C=CCNc1c(C=O)c(N)nn1C. The number of nitrogen functional groups attached to an aromatic ring is 1. The first-order chi connectivity index (χ1) is 6.20. The largest absolute Gasteiger partial charge is 0.382 e. The molecule has 1 rings (SSSR count). The minimum Gasteiger partial charge on any atom is -0.382 e. The van der Waals surface area contributed by atoms with Gasteiger partial charge in [0.05, 0.1) is 0 Å². The van der Waals surface area contributed by atoms with Crippen LogP contribution in [0.1, 0.15) is 10.4 Å². The lowest BCUT2D eigenvalue weighted by Crippen LogP contribution is -2.05. The number of nitrogens with zero attached hydrogens (tertiary/aromatic N) is 2. The Kier molecular flexibility index (Phi) is 2.69. The number of aldehydes is 1. The zero-order valence-electron chi connectivity index (χ0n) is 7.45. The molecule has 0 unspecified atom stereocenters. The number of anilines is 2. The van der Waals surface area contributed by atoms with Crippen LogP contribution in [0.2, 0.25) is 0 Å². The second kappa shape index (κ2) is 3.75. The summed E-state index contributed by atoms with van der Waals surface area (Å²) in [5.41, 5.74) is 5.89. The number of hydrogen-bond donors (Lipinski definition) is 2. The first-order valence-electron chi connectivity index (χ1n) is 3.83. The van der Waals surface area contributed by atoms with E-state index in [-0.39, 0.29) is 5.82 Å². The number of aryl methyl sites for hydroxylation is 1. The number of nitrogens with one attached hydrogen (secondary N) is 1. The van der Waals surface area contributed by atoms with Crippen molar-refractivity contribution in [2.45, 2.75) is 0 Å². The second-order valence-electron chi connectivity index (χ2n) is 2.56. The van der Waals surface area contributed by atoms with Gasteiger partial charge in [-0.25, -0.2) is 0 Å². The van der Waals surface area contributed by atoms with Gasteiger partial charge in [0.2, 0.25) is 0 Å². The highest BCUT2D eigenvalue weighted by Crippen LogP contribution is 2.17. The van der Waals surface area contributed by atoms with Crippen LogP contribution in [0.4, 0.5) is 11.6 Å². The molecule has 70 valence electrons. The van der Waals surface area contributed by atoms with E-state index >= 15 is 0 Å². The van der Waals surface area contributed by atoms with Gasteiger partial charge in [-0.2, -0.15) is 5.10 Å². The van der Waals surface area contributed by atoms with Crippen LogP contribution in [-0.2, 0) is 7.05 Å². The molecule has 3 N–H and O–H groups in total. The van der Waals surface area contributed by atoms with E-state index in [1.807, 2.05) is 0 Å². The van der Waals surface area contributed by atoms with E-state index in [1.54, 1.807) is 13.1 Å². The molecule has 0 radical (unpaired) electrons. The van der Waals surface area contributed by atoms with Gasteiger partial charge in [-0.15, -0.1) is 6.58 Å². The highest BCUT2D eigenvalue weighted by atomic mass is 16.1. The fraction of sp³-hybridized carbons (Fsp3) is 0.250. The average Bonchev–Trinajstić information content (AvgIpc) is 2.37. The van der Waals surface area contributed by atoms with E-state index < -0.39 is 0 Å². The van der Waals surface area contributed by atoms with Crippen molar-refractivity contribution in [3.05, 3.63) is 18.2 Å². The Morgan fingerprint density at radius 2 is 2.46 bits per heavy atom. The normalized spacial score (nSPS) is 9.62. The predicted octanol–water partition coefficient (Wildman–Crippen LogP) is 0.413. The standard InChI is InChI=1S/C8H12N4O/c1-3-4-10-8-6(5-13)7(9)11-12(8)2/h3,5,10H,1,4H2,2H3,(H2,9,11). The van der Waals surface area contributed by atoms with Crippen molar-refractivity contribution in [3.8, 4) is 0 Å². The molecule has 1 heterocycles. The van der Waals surface area contributed by atoms with Gasteiger partial charge in [-0.3, -0.25) is 9.48 Å². The highest BCUT2D eigenvalue weighted by molar-refractivity contribution is 5.89. The molecule has 1 aromatic rings. The summed E-state index contributed by atoms with van der Waals surface area (Å²) in [6.07, 6.45) is 2.38. The zero-order valence-corrected chi connectivity index (χ0v) is 7.45. The minimum atomic E-state index is 0.240. The number of carbonyl (C=O) groups is 1. The summed E-state index contributed by atoms with van der Waals surface area (Å²) >= 11 is 0. The van der Waals surface area contributed by atoms with Crippen LogP contribution in [0.25, 0.3) is 0 Å². The van der Waals surface area contributed by atoms with Crippen molar-refractivity contribution in [1.82, 2.24) is 9.78 Å². The second-order valence-corrected chi connectivity index (χ2v) is 2.56. The number of carbonyl (C=O) groups excluding carboxylic acids is 1. The van der Waals surface area contributed by atoms with E-state index in [2.05, 4.69) is 17.0 Å². The van der Waals surface area contributed by atoms with Crippen molar-refractivity contribution < 1.29 is 4.79 Å². The molecule has 0 aromatic carbocycles. The number of hydrogen-bond acceptors (Lipinski definition) is 4. The molecule has 5 heteroatoms. The molecular formula is C8H12N4O. The van der Waals surface area contributed by atoms with Gasteiger partial charge >= 0.3 is 0 Å². The summed E-state index contributed by atoms with van der Waals surface area (Å²) in [5.74, 6) is 0.858. The van der Waals surface area contributed by atoms with Crippen molar-refractivity contribution in [1.29, 1.82) is 0 Å². The average molecular weight is 180 g/mol. The first kappa shape index (κ1) is 9.31. The topological polar surface area (TPSA) is 72.9 Å². The molecule has 0 aliphatic rings. The van der Waals surface area contributed by atoms with Gasteiger partial charge in [-0.1, -0.05) is 6.08 Å². The number of nitrogens with two attached hydrogens (primary N) is 1. The Morgan fingerprint density at radius 3 is 3.00 bits per heavy atom. The molecule has 0 amide bonds. The van der Waals surface area contributed by atoms with E-state index in [9.17, 15) is 4.79 Å². The zero-order chi connectivity index (χ0) is 9.84. The van der Waals surface area contributed by atoms with Crippen LogP contribution in [0.5, 0.6) is 0 Å². The Balaban J connectivity index is 3.01. The van der Waals surface area contributed by atoms with Gasteiger partial charge in [-0.05, 0) is 0 Å². The van der Waals surface area contributed by atoms with Crippen LogP contribution in [-0.4, -0.2) is 22.6 Å². The van der Waals surface area contributed by atoms with E-state index in [0.29, 0.717) is 24.2 Å². The van der Waals surface area contributed by atoms with E-state index in [4.69, 9.17) is 5.73 Å². The Hall–Kier alpha value is -1.78. The van der Waals surface area contributed by atoms with Crippen molar-refractivity contribution in [2.75, 3.05) is 17.6 Å². The van der Waals surface area contributed by atoms with Gasteiger partial charge in [0, 0.05) is 13.6 Å². The molecular weight excluding hydrogens is 168 g/mol. The Morgan fingerprint density at radius 1 is 1.77 bits per heavy atom. The molecule has 0 bridgehead atoms. The summed E-state index contributed by atoms with van der Waals surface area (Å²) in [6, 6.07) is 0. The lowest BCUT2D eigenvalue weighted by atomic mass is 10.3. The van der Waals surface area contributed by atoms with Crippen molar-refractivity contribution >= 4 is 17.9 Å². The minimum absolute atomic E-state index is 0.240. The number of aromatic nitrogens is 2. The molecule has 5 nitrogen and oxygen atoms in total. The fourth-order valence-electron chi connectivity index (χ4n) is 1.06. The van der Waals surface area contributed by atoms with E-state index in [1.165, 1.54) is 4.68 Å². The van der Waals surface area contributed by atoms with Gasteiger partial charge in [0.1, 0.15) is 11.4 Å². The number of rotatable bonds is 4. The third-order valence-corrected chi connectivity index (χ3v) is 1.64. The van der Waals surface area contributed by atoms with Crippen LogP contribution in [0, 0.1) is 0 Å². The molecule has 0 fully saturated rings.